The molecule has 0 spiro atoms. The van der Waals surface area contributed by atoms with E-state index in [4.69, 9.17) is 0 Å². The molecule has 5 nitrogen and oxygen atoms in total. The molecule has 0 N–H and O–H groups in total. The highest BCUT2D eigenvalue weighted by molar-refractivity contribution is 8.18. The third kappa shape index (κ3) is 3.31. The summed E-state index contributed by atoms with van der Waals surface area (Å²) in [6.45, 7) is 6.23. The Hall–Kier alpha value is -3.30. The van der Waals surface area contributed by atoms with Crippen molar-refractivity contribution in [1.82, 2.24) is 9.47 Å². The summed E-state index contributed by atoms with van der Waals surface area (Å²) in [4.78, 5) is 26.8. The summed E-state index contributed by atoms with van der Waals surface area (Å²) < 4.78 is 2.16. The molecule has 3 aromatic rings. The molecule has 1 saturated heterocycles. The molecule has 2 aromatic carbocycles. The molecule has 0 atom stereocenters. The molecule has 0 unspecified atom stereocenters. The van der Waals surface area contributed by atoms with Crippen molar-refractivity contribution in [2.45, 2.75) is 33.4 Å². The van der Waals surface area contributed by atoms with Gasteiger partial charge in [0.05, 0.1) is 16.5 Å². The summed E-state index contributed by atoms with van der Waals surface area (Å²) in [6, 6.07) is 17.7. The zero-order chi connectivity index (χ0) is 21.4. The SMILES string of the molecule is Cc1c(C=C2SC(=O)N(C(C)C)C2=O)c2ccccc2n1Cc1ccccc1C#N. The van der Waals surface area contributed by atoms with Crippen LogP contribution >= 0.6 is 11.8 Å². The maximum absolute atomic E-state index is 12.8. The largest absolute Gasteiger partial charge is 0.340 e. The quantitative estimate of drug-likeness (QED) is 0.541. The molecule has 30 heavy (non-hydrogen) atoms. The van der Waals surface area contributed by atoms with Crippen LogP contribution in [-0.4, -0.2) is 26.7 Å². The number of aromatic nitrogens is 1. The topological polar surface area (TPSA) is 66.1 Å². The van der Waals surface area contributed by atoms with E-state index in [1.807, 2.05) is 75.4 Å². The highest BCUT2D eigenvalue weighted by Gasteiger charge is 2.37. The van der Waals surface area contributed by atoms with E-state index in [0.29, 0.717) is 17.0 Å². The number of thioether (sulfide) groups is 1. The van der Waals surface area contributed by atoms with Crippen molar-refractivity contribution in [3.63, 3.8) is 0 Å². The predicted octanol–water partition coefficient (Wildman–Crippen LogP) is 5.31. The Labute approximate surface area is 179 Å². The number of nitrogens with zero attached hydrogens (tertiary/aromatic N) is 3. The van der Waals surface area contributed by atoms with E-state index in [1.54, 1.807) is 0 Å². The Morgan fingerprint density at radius 1 is 1.10 bits per heavy atom. The lowest BCUT2D eigenvalue weighted by molar-refractivity contribution is -0.123. The average molecular weight is 416 g/mol. The molecule has 0 radical (unpaired) electrons. The summed E-state index contributed by atoms with van der Waals surface area (Å²) in [5, 5.41) is 10.2. The second kappa shape index (κ2) is 7.85. The Kier molecular flexibility index (Phi) is 5.23. The number of benzene rings is 2. The number of hydrogen-bond donors (Lipinski definition) is 0. The number of rotatable bonds is 4. The number of carbonyl (C=O) groups is 2. The molecule has 1 fully saturated rings. The third-order valence-electron chi connectivity index (χ3n) is 5.36. The minimum Gasteiger partial charge on any atom is -0.340 e. The van der Waals surface area contributed by atoms with Crippen LogP contribution in [0, 0.1) is 18.3 Å². The van der Waals surface area contributed by atoms with Gasteiger partial charge >= 0.3 is 0 Å². The highest BCUT2D eigenvalue weighted by Crippen LogP contribution is 2.36. The van der Waals surface area contributed by atoms with Crippen LogP contribution < -0.4 is 0 Å². The fourth-order valence-electron chi connectivity index (χ4n) is 3.84. The van der Waals surface area contributed by atoms with Crippen LogP contribution in [0.25, 0.3) is 17.0 Å². The molecule has 1 aliphatic heterocycles. The normalized spacial score (nSPS) is 15.6. The zero-order valence-corrected chi connectivity index (χ0v) is 17.9. The summed E-state index contributed by atoms with van der Waals surface area (Å²) in [5.41, 5.74) is 4.52. The average Bonchev–Trinajstić information content (AvgIpc) is 3.16. The third-order valence-corrected chi connectivity index (χ3v) is 6.25. The minimum atomic E-state index is -0.244. The van der Waals surface area contributed by atoms with E-state index in [0.717, 1.165) is 39.5 Å². The maximum atomic E-state index is 12.8. The van der Waals surface area contributed by atoms with Crippen LogP contribution in [-0.2, 0) is 11.3 Å². The summed E-state index contributed by atoms with van der Waals surface area (Å²) >= 11 is 0.988. The van der Waals surface area contributed by atoms with Gasteiger partial charge in [0.1, 0.15) is 0 Å². The van der Waals surface area contributed by atoms with Crippen LogP contribution in [0.15, 0.2) is 53.4 Å². The monoisotopic (exact) mass is 415 g/mol. The molecule has 1 aromatic heterocycles. The van der Waals surface area contributed by atoms with E-state index >= 15 is 0 Å². The van der Waals surface area contributed by atoms with E-state index in [-0.39, 0.29) is 17.2 Å². The van der Waals surface area contributed by atoms with Crippen molar-refractivity contribution in [1.29, 1.82) is 5.26 Å². The lowest BCUT2D eigenvalue weighted by Gasteiger charge is -2.16. The number of fused-ring (bicyclic) bond motifs is 1. The molecule has 0 saturated carbocycles. The second-order valence-corrected chi connectivity index (χ2v) is 8.51. The van der Waals surface area contributed by atoms with Gasteiger partial charge in [0.25, 0.3) is 11.1 Å². The number of carbonyl (C=O) groups excluding carboxylic acids is 2. The Balaban J connectivity index is 1.83. The van der Waals surface area contributed by atoms with E-state index in [9.17, 15) is 14.9 Å². The Morgan fingerprint density at radius 2 is 1.80 bits per heavy atom. The molecule has 0 aliphatic carbocycles. The van der Waals surface area contributed by atoms with Gasteiger partial charge in [-0.25, -0.2) is 0 Å². The van der Waals surface area contributed by atoms with Crippen molar-refractivity contribution in [3.8, 4) is 6.07 Å². The summed E-state index contributed by atoms with van der Waals surface area (Å²) in [6.07, 6.45) is 1.83. The number of nitriles is 1. The molecule has 2 amide bonds. The minimum absolute atomic E-state index is 0.173. The van der Waals surface area contributed by atoms with Gasteiger partial charge < -0.3 is 4.57 Å². The first-order valence-electron chi connectivity index (χ1n) is 9.75. The zero-order valence-electron chi connectivity index (χ0n) is 17.0. The molecular formula is C24H21N3O2S. The van der Waals surface area contributed by atoms with Crippen LogP contribution in [0.2, 0.25) is 0 Å². The Bertz CT molecular complexity index is 1250. The Morgan fingerprint density at radius 3 is 2.50 bits per heavy atom. The van der Waals surface area contributed by atoms with Gasteiger partial charge in [-0.1, -0.05) is 36.4 Å². The summed E-state index contributed by atoms with van der Waals surface area (Å²) in [5.74, 6) is -0.244. The molecular weight excluding hydrogens is 394 g/mol. The lowest BCUT2D eigenvalue weighted by Crippen LogP contribution is -2.34. The van der Waals surface area contributed by atoms with Crippen molar-refractivity contribution in [3.05, 3.63) is 75.8 Å². The van der Waals surface area contributed by atoms with Gasteiger partial charge in [0.2, 0.25) is 0 Å². The van der Waals surface area contributed by atoms with Crippen molar-refractivity contribution in [2.75, 3.05) is 0 Å². The number of hydrogen-bond acceptors (Lipinski definition) is 4. The van der Waals surface area contributed by atoms with Gasteiger partial charge in [-0.15, -0.1) is 0 Å². The lowest BCUT2D eigenvalue weighted by atomic mass is 10.1. The van der Waals surface area contributed by atoms with Crippen LogP contribution in [0.5, 0.6) is 0 Å². The van der Waals surface area contributed by atoms with Gasteiger partial charge in [0.15, 0.2) is 0 Å². The van der Waals surface area contributed by atoms with Crippen molar-refractivity contribution >= 4 is 39.9 Å². The molecule has 2 heterocycles. The molecule has 0 bridgehead atoms. The van der Waals surface area contributed by atoms with Crippen LogP contribution in [0.1, 0.15) is 36.2 Å². The number of para-hydroxylation sites is 1. The number of imide groups is 1. The summed E-state index contributed by atoms with van der Waals surface area (Å²) in [7, 11) is 0. The fraction of sp³-hybridized carbons (Fsp3) is 0.208. The first-order chi connectivity index (χ1) is 14.4. The van der Waals surface area contributed by atoms with Gasteiger partial charge in [-0.05, 0) is 56.3 Å². The first kappa shape index (κ1) is 20.0. The molecule has 150 valence electrons. The van der Waals surface area contributed by atoms with Crippen LogP contribution in [0.4, 0.5) is 4.79 Å². The van der Waals surface area contributed by atoms with Crippen molar-refractivity contribution < 1.29 is 9.59 Å². The number of amides is 2. The van der Waals surface area contributed by atoms with E-state index < -0.39 is 0 Å². The molecule has 6 heteroatoms. The maximum Gasteiger partial charge on any atom is 0.293 e. The van der Waals surface area contributed by atoms with Gasteiger partial charge in [-0.2, -0.15) is 5.26 Å². The first-order valence-corrected chi connectivity index (χ1v) is 10.6. The predicted molar refractivity (Wildman–Crippen MR) is 120 cm³/mol. The standard InChI is InChI=1S/C24H21N3O2S/c1-15(2)27-23(28)22(30-24(27)29)12-20-16(3)26(21-11-7-6-10-19(20)21)14-18-9-5-4-8-17(18)13-25/h4-12,15H,14H2,1-3H3. The second-order valence-electron chi connectivity index (χ2n) is 7.52. The van der Waals surface area contributed by atoms with Gasteiger partial charge in [-0.3, -0.25) is 14.5 Å². The highest BCUT2D eigenvalue weighted by atomic mass is 32.2. The fourth-order valence-corrected chi connectivity index (χ4v) is 4.78. The van der Waals surface area contributed by atoms with E-state index in [2.05, 4.69) is 10.6 Å². The van der Waals surface area contributed by atoms with Crippen molar-refractivity contribution in [2.24, 2.45) is 0 Å². The van der Waals surface area contributed by atoms with Gasteiger partial charge in [0, 0.05) is 34.7 Å². The van der Waals surface area contributed by atoms with E-state index in [1.165, 1.54) is 4.90 Å². The molecule has 4 rings (SSSR count). The smallest absolute Gasteiger partial charge is 0.293 e. The van der Waals surface area contributed by atoms with Crippen LogP contribution in [0.3, 0.4) is 0 Å². The molecule has 1 aliphatic rings.